The lowest BCUT2D eigenvalue weighted by atomic mass is 10.2. The fourth-order valence-corrected chi connectivity index (χ4v) is 2.34. The minimum Gasteiger partial charge on any atom is -0.494 e. The second-order valence-corrected chi connectivity index (χ2v) is 5.08. The van der Waals surface area contributed by atoms with E-state index in [4.69, 9.17) is 9.47 Å². The molecule has 1 aliphatic rings. The highest BCUT2D eigenvalue weighted by Gasteiger charge is 2.24. The molecule has 6 nitrogen and oxygen atoms in total. The van der Waals surface area contributed by atoms with E-state index in [9.17, 15) is 14.0 Å². The van der Waals surface area contributed by atoms with E-state index in [0.29, 0.717) is 25.4 Å². The minimum absolute atomic E-state index is 0.0779. The molecule has 1 saturated heterocycles. The maximum Gasteiger partial charge on any atom is 0.246 e. The molecular formula is C16H19FN2O4. The highest BCUT2D eigenvalue weighted by molar-refractivity contribution is 5.91. The molecule has 0 unspecified atom stereocenters. The van der Waals surface area contributed by atoms with Crippen molar-refractivity contribution in [1.29, 1.82) is 0 Å². The molecule has 1 aromatic carbocycles. The molecule has 7 heteroatoms. The standard InChI is InChI=1S/C16H19FN2O4/c1-3-16(21)19-6-7-23-12(10-19)9-15(20)18-11-4-5-14(22-2)13(17)8-11/h3-5,8,12H,1,6-7,9-10H2,2H3,(H,18,20)/t12-/m0/s1. The van der Waals surface area contributed by atoms with Crippen molar-refractivity contribution in [1.82, 2.24) is 4.90 Å². The molecular weight excluding hydrogens is 303 g/mol. The molecule has 0 aliphatic carbocycles. The molecule has 1 aliphatic heterocycles. The lowest BCUT2D eigenvalue weighted by molar-refractivity contribution is -0.136. The van der Waals surface area contributed by atoms with Gasteiger partial charge in [0.05, 0.1) is 26.2 Å². The lowest BCUT2D eigenvalue weighted by Crippen LogP contribution is -2.46. The first-order valence-electron chi connectivity index (χ1n) is 7.20. The topological polar surface area (TPSA) is 67.9 Å². The van der Waals surface area contributed by atoms with Gasteiger partial charge in [-0.1, -0.05) is 6.58 Å². The van der Waals surface area contributed by atoms with Crippen LogP contribution in [-0.2, 0) is 14.3 Å². The number of hydrogen-bond acceptors (Lipinski definition) is 4. The van der Waals surface area contributed by atoms with Gasteiger partial charge in [0.2, 0.25) is 11.8 Å². The van der Waals surface area contributed by atoms with Gasteiger partial charge in [-0.05, 0) is 18.2 Å². The zero-order chi connectivity index (χ0) is 16.8. The number of methoxy groups -OCH3 is 1. The quantitative estimate of drug-likeness (QED) is 0.836. The first kappa shape index (κ1) is 17.0. The van der Waals surface area contributed by atoms with E-state index < -0.39 is 11.9 Å². The summed E-state index contributed by atoms with van der Waals surface area (Å²) in [5.41, 5.74) is 0.336. The van der Waals surface area contributed by atoms with Crippen molar-refractivity contribution < 1.29 is 23.5 Å². The van der Waals surface area contributed by atoms with Crippen molar-refractivity contribution in [3.8, 4) is 5.75 Å². The molecule has 1 aromatic rings. The number of carbonyl (C=O) groups excluding carboxylic acids is 2. The highest BCUT2D eigenvalue weighted by atomic mass is 19.1. The van der Waals surface area contributed by atoms with E-state index >= 15 is 0 Å². The van der Waals surface area contributed by atoms with E-state index in [1.807, 2.05) is 0 Å². The maximum atomic E-state index is 13.6. The Bertz CT molecular complexity index is 606. The van der Waals surface area contributed by atoms with E-state index in [1.54, 1.807) is 11.0 Å². The zero-order valence-corrected chi connectivity index (χ0v) is 12.9. The summed E-state index contributed by atoms with van der Waals surface area (Å²) in [6.45, 7) is 4.62. The molecule has 0 aromatic heterocycles. The third kappa shape index (κ3) is 4.53. The first-order valence-corrected chi connectivity index (χ1v) is 7.20. The second-order valence-electron chi connectivity index (χ2n) is 5.08. The van der Waals surface area contributed by atoms with E-state index in [1.165, 1.54) is 25.3 Å². The number of morpholine rings is 1. The van der Waals surface area contributed by atoms with E-state index in [2.05, 4.69) is 11.9 Å². The van der Waals surface area contributed by atoms with Gasteiger partial charge in [-0.25, -0.2) is 4.39 Å². The van der Waals surface area contributed by atoms with Crippen molar-refractivity contribution in [2.24, 2.45) is 0 Å². The fourth-order valence-electron chi connectivity index (χ4n) is 2.34. The highest BCUT2D eigenvalue weighted by Crippen LogP contribution is 2.21. The summed E-state index contributed by atoms with van der Waals surface area (Å²) >= 11 is 0. The summed E-state index contributed by atoms with van der Waals surface area (Å²) in [6.07, 6.45) is 0.924. The average molecular weight is 322 g/mol. The summed E-state index contributed by atoms with van der Waals surface area (Å²) in [5.74, 6) is -0.942. The number of nitrogens with one attached hydrogen (secondary N) is 1. The number of benzene rings is 1. The molecule has 0 bridgehead atoms. The predicted molar refractivity (Wildman–Crippen MR) is 82.7 cm³/mol. The van der Waals surface area contributed by atoms with Crippen LogP contribution in [0.25, 0.3) is 0 Å². The summed E-state index contributed by atoms with van der Waals surface area (Å²) in [4.78, 5) is 25.2. The molecule has 0 saturated carbocycles. The van der Waals surface area contributed by atoms with Gasteiger partial charge in [0, 0.05) is 24.8 Å². The molecule has 1 atom stereocenters. The van der Waals surface area contributed by atoms with E-state index in [-0.39, 0.29) is 24.0 Å². The summed E-state index contributed by atoms with van der Waals surface area (Å²) < 4.78 is 23.9. The van der Waals surface area contributed by atoms with Crippen LogP contribution in [0.4, 0.5) is 10.1 Å². The van der Waals surface area contributed by atoms with Gasteiger partial charge in [-0.15, -0.1) is 0 Å². The Balaban J connectivity index is 1.90. The lowest BCUT2D eigenvalue weighted by Gasteiger charge is -2.32. The van der Waals surface area contributed by atoms with Crippen molar-refractivity contribution in [3.63, 3.8) is 0 Å². The molecule has 1 heterocycles. The molecule has 1 fully saturated rings. The molecule has 124 valence electrons. The monoisotopic (exact) mass is 322 g/mol. The van der Waals surface area contributed by atoms with Crippen LogP contribution in [0, 0.1) is 5.82 Å². The Hall–Kier alpha value is -2.41. The number of anilines is 1. The molecule has 0 radical (unpaired) electrons. The van der Waals surface area contributed by atoms with Crippen molar-refractivity contribution in [3.05, 3.63) is 36.7 Å². The zero-order valence-electron chi connectivity index (χ0n) is 12.9. The van der Waals surface area contributed by atoms with Gasteiger partial charge in [0.15, 0.2) is 11.6 Å². The molecule has 1 N–H and O–H groups in total. The van der Waals surface area contributed by atoms with Crippen molar-refractivity contribution >= 4 is 17.5 Å². The number of nitrogens with zero attached hydrogens (tertiary/aromatic N) is 1. The fraction of sp³-hybridized carbons (Fsp3) is 0.375. The van der Waals surface area contributed by atoms with Gasteiger partial charge in [-0.3, -0.25) is 9.59 Å². The van der Waals surface area contributed by atoms with Crippen LogP contribution in [0.2, 0.25) is 0 Å². The molecule has 2 amide bonds. The Labute approximate surface area is 133 Å². The third-order valence-corrected chi connectivity index (χ3v) is 3.47. The number of hydrogen-bond donors (Lipinski definition) is 1. The van der Waals surface area contributed by atoms with Crippen LogP contribution < -0.4 is 10.1 Å². The average Bonchev–Trinajstić information content (AvgIpc) is 2.54. The Morgan fingerprint density at radius 3 is 3.00 bits per heavy atom. The largest absolute Gasteiger partial charge is 0.494 e. The van der Waals surface area contributed by atoms with Crippen LogP contribution in [0.1, 0.15) is 6.42 Å². The SMILES string of the molecule is C=CC(=O)N1CCO[C@@H](CC(=O)Nc2ccc(OC)c(F)c2)C1. The predicted octanol–water partition coefficient (Wildman–Crippen LogP) is 1.58. The minimum atomic E-state index is -0.554. The van der Waals surface area contributed by atoms with Gasteiger partial charge in [0.1, 0.15) is 0 Å². The van der Waals surface area contributed by atoms with Crippen LogP contribution in [0.15, 0.2) is 30.9 Å². The summed E-state index contributed by atoms with van der Waals surface area (Å²) in [7, 11) is 1.37. The number of halogens is 1. The normalized spacial score (nSPS) is 17.5. The van der Waals surface area contributed by atoms with E-state index in [0.717, 1.165) is 0 Å². The van der Waals surface area contributed by atoms with Gasteiger partial charge in [-0.2, -0.15) is 0 Å². The third-order valence-electron chi connectivity index (χ3n) is 3.47. The number of amides is 2. The summed E-state index contributed by atoms with van der Waals surface area (Å²) in [6, 6.07) is 4.17. The van der Waals surface area contributed by atoms with Crippen molar-refractivity contribution in [2.75, 3.05) is 32.1 Å². The smallest absolute Gasteiger partial charge is 0.246 e. The van der Waals surface area contributed by atoms with Gasteiger partial charge in [0.25, 0.3) is 0 Å². The number of carbonyl (C=O) groups is 2. The van der Waals surface area contributed by atoms with Gasteiger partial charge < -0.3 is 19.7 Å². The molecule has 23 heavy (non-hydrogen) atoms. The van der Waals surface area contributed by atoms with Crippen LogP contribution in [0.3, 0.4) is 0 Å². The maximum absolute atomic E-state index is 13.6. The van der Waals surface area contributed by atoms with Gasteiger partial charge >= 0.3 is 0 Å². The summed E-state index contributed by atoms with van der Waals surface area (Å²) in [5, 5.41) is 2.60. The molecule has 0 spiro atoms. The first-order chi connectivity index (χ1) is 11.0. The van der Waals surface area contributed by atoms with Crippen LogP contribution in [-0.4, -0.2) is 49.6 Å². The van der Waals surface area contributed by atoms with Crippen molar-refractivity contribution in [2.45, 2.75) is 12.5 Å². The number of rotatable bonds is 5. The van der Waals surface area contributed by atoms with Crippen LogP contribution in [0.5, 0.6) is 5.75 Å². The number of ether oxygens (including phenoxy) is 2. The molecule has 2 rings (SSSR count). The second kappa shape index (κ2) is 7.73. The Morgan fingerprint density at radius 2 is 2.35 bits per heavy atom. The van der Waals surface area contributed by atoms with Crippen LogP contribution >= 0.6 is 0 Å². The Kier molecular flexibility index (Phi) is 5.70. The Morgan fingerprint density at radius 1 is 1.57 bits per heavy atom.